The lowest BCUT2D eigenvalue weighted by Gasteiger charge is -2.31. The van der Waals surface area contributed by atoms with Crippen LogP contribution in [0.5, 0.6) is 0 Å². The van der Waals surface area contributed by atoms with Gasteiger partial charge >= 0.3 is 0 Å². The van der Waals surface area contributed by atoms with E-state index in [-0.39, 0.29) is 24.2 Å². The average Bonchev–Trinajstić information content (AvgIpc) is 3.24. The average molecular weight is 331 g/mol. The van der Waals surface area contributed by atoms with E-state index in [0.717, 1.165) is 12.8 Å². The van der Waals surface area contributed by atoms with Crippen molar-refractivity contribution in [2.45, 2.75) is 26.2 Å². The molecule has 1 atom stereocenters. The SMILES string of the molecule is CNC(=O)C1CCCN(C(=O)Cc2nc(-c3ccco3)oc2C)C1. The molecule has 7 nitrogen and oxygen atoms in total. The van der Waals surface area contributed by atoms with Crippen molar-refractivity contribution in [1.82, 2.24) is 15.2 Å². The fraction of sp³-hybridized carbons (Fsp3) is 0.471. The van der Waals surface area contributed by atoms with Gasteiger partial charge in [-0.2, -0.15) is 0 Å². The summed E-state index contributed by atoms with van der Waals surface area (Å²) in [5.41, 5.74) is 0.605. The molecular weight excluding hydrogens is 310 g/mol. The van der Waals surface area contributed by atoms with Gasteiger partial charge in [-0.1, -0.05) is 0 Å². The number of nitrogens with zero attached hydrogens (tertiary/aromatic N) is 2. The van der Waals surface area contributed by atoms with Gasteiger partial charge in [-0.25, -0.2) is 4.98 Å². The molecule has 1 unspecified atom stereocenters. The Morgan fingerprint density at radius 3 is 3.00 bits per heavy atom. The molecule has 2 aromatic heterocycles. The minimum atomic E-state index is -0.134. The molecule has 1 aliphatic heterocycles. The van der Waals surface area contributed by atoms with E-state index in [0.29, 0.717) is 36.2 Å². The quantitative estimate of drug-likeness (QED) is 0.922. The van der Waals surface area contributed by atoms with Crippen molar-refractivity contribution >= 4 is 11.8 Å². The molecule has 3 heterocycles. The van der Waals surface area contributed by atoms with Crippen molar-refractivity contribution in [2.75, 3.05) is 20.1 Å². The number of rotatable bonds is 4. The highest BCUT2D eigenvalue weighted by atomic mass is 16.4. The Hall–Kier alpha value is -2.57. The molecule has 0 aromatic carbocycles. The molecule has 0 saturated carbocycles. The Balaban J connectivity index is 1.67. The van der Waals surface area contributed by atoms with Crippen molar-refractivity contribution in [3.05, 3.63) is 29.9 Å². The number of aromatic nitrogens is 1. The second-order valence-electron chi connectivity index (χ2n) is 5.97. The van der Waals surface area contributed by atoms with E-state index in [1.54, 1.807) is 37.3 Å². The van der Waals surface area contributed by atoms with Gasteiger partial charge in [0.2, 0.25) is 11.8 Å². The second-order valence-corrected chi connectivity index (χ2v) is 5.97. The summed E-state index contributed by atoms with van der Waals surface area (Å²) >= 11 is 0. The fourth-order valence-corrected chi connectivity index (χ4v) is 2.97. The lowest BCUT2D eigenvalue weighted by Crippen LogP contribution is -2.45. The Morgan fingerprint density at radius 1 is 1.46 bits per heavy atom. The van der Waals surface area contributed by atoms with Gasteiger partial charge in [0.05, 0.1) is 24.3 Å². The standard InChI is InChI=1S/C17H21N3O4/c1-11-13(19-17(24-11)14-6-4-8-23-14)9-15(21)20-7-3-5-12(10-20)16(22)18-2/h4,6,8,12H,3,5,7,9-10H2,1-2H3,(H,18,22). The molecule has 0 bridgehead atoms. The highest BCUT2D eigenvalue weighted by molar-refractivity contribution is 5.82. The van der Waals surface area contributed by atoms with Crippen LogP contribution < -0.4 is 5.32 Å². The van der Waals surface area contributed by atoms with Crippen LogP contribution in [0.25, 0.3) is 11.7 Å². The van der Waals surface area contributed by atoms with Gasteiger partial charge in [0.1, 0.15) is 5.76 Å². The first-order valence-corrected chi connectivity index (χ1v) is 8.08. The summed E-state index contributed by atoms with van der Waals surface area (Å²) in [4.78, 5) is 30.5. The molecule has 0 spiro atoms. The van der Waals surface area contributed by atoms with Crippen LogP contribution in [-0.2, 0) is 16.0 Å². The maximum Gasteiger partial charge on any atom is 0.263 e. The largest absolute Gasteiger partial charge is 0.459 e. The summed E-state index contributed by atoms with van der Waals surface area (Å²) in [6.07, 6.45) is 3.36. The van der Waals surface area contributed by atoms with E-state index in [2.05, 4.69) is 10.3 Å². The van der Waals surface area contributed by atoms with E-state index >= 15 is 0 Å². The van der Waals surface area contributed by atoms with Crippen LogP contribution in [-0.4, -0.2) is 41.8 Å². The monoisotopic (exact) mass is 331 g/mol. The van der Waals surface area contributed by atoms with Gasteiger partial charge in [0.25, 0.3) is 5.89 Å². The lowest BCUT2D eigenvalue weighted by molar-refractivity contribution is -0.135. The Kier molecular flexibility index (Phi) is 4.69. The zero-order valence-corrected chi connectivity index (χ0v) is 13.9. The maximum absolute atomic E-state index is 12.6. The van der Waals surface area contributed by atoms with Crippen LogP contribution >= 0.6 is 0 Å². The summed E-state index contributed by atoms with van der Waals surface area (Å²) in [5.74, 6) is 1.34. The highest BCUT2D eigenvalue weighted by Crippen LogP contribution is 2.23. The normalized spacial score (nSPS) is 17.8. The van der Waals surface area contributed by atoms with Crippen LogP contribution in [0.15, 0.2) is 27.2 Å². The summed E-state index contributed by atoms with van der Waals surface area (Å²) < 4.78 is 10.9. The number of carbonyl (C=O) groups excluding carboxylic acids is 2. The van der Waals surface area contributed by atoms with Crippen molar-refractivity contribution in [3.8, 4) is 11.7 Å². The number of hydrogen-bond acceptors (Lipinski definition) is 5. The number of aryl methyl sites for hydroxylation is 1. The number of furan rings is 1. The van der Waals surface area contributed by atoms with Gasteiger partial charge in [-0.3, -0.25) is 9.59 Å². The Morgan fingerprint density at radius 2 is 2.29 bits per heavy atom. The topological polar surface area (TPSA) is 88.6 Å². The molecule has 1 saturated heterocycles. The minimum absolute atomic E-state index is 0.00905. The molecule has 2 amide bonds. The first kappa shape index (κ1) is 16.3. The number of likely N-dealkylation sites (tertiary alicyclic amines) is 1. The lowest BCUT2D eigenvalue weighted by atomic mass is 9.97. The smallest absolute Gasteiger partial charge is 0.263 e. The molecule has 0 aliphatic carbocycles. The summed E-state index contributed by atoms with van der Waals surface area (Å²) in [6.45, 7) is 2.92. The van der Waals surface area contributed by atoms with Gasteiger partial charge in [0, 0.05) is 20.1 Å². The highest BCUT2D eigenvalue weighted by Gasteiger charge is 2.28. The third-order valence-electron chi connectivity index (χ3n) is 4.33. The maximum atomic E-state index is 12.6. The molecule has 0 radical (unpaired) electrons. The molecular formula is C17H21N3O4. The van der Waals surface area contributed by atoms with Crippen molar-refractivity contribution in [1.29, 1.82) is 0 Å². The Labute approximate surface area is 140 Å². The third-order valence-corrected chi connectivity index (χ3v) is 4.33. The molecule has 24 heavy (non-hydrogen) atoms. The van der Waals surface area contributed by atoms with Crippen molar-refractivity contribution in [3.63, 3.8) is 0 Å². The van der Waals surface area contributed by atoms with Crippen LogP contribution in [0, 0.1) is 12.8 Å². The molecule has 1 aliphatic rings. The van der Waals surface area contributed by atoms with E-state index < -0.39 is 0 Å². The van der Waals surface area contributed by atoms with E-state index in [1.165, 1.54) is 0 Å². The number of oxazole rings is 1. The first-order valence-electron chi connectivity index (χ1n) is 8.08. The molecule has 3 rings (SSSR count). The zero-order chi connectivity index (χ0) is 17.1. The number of carbonyl (C=O) groups is 2. The number of hydrogen-bond donors (Lipinski definition) is 1. The van der Waals surface area contributed by atoms with Gasteiger partial charge < -0.3 is 19.1 Å². The molecule has 7 heteroatoms. The van der Waals surface area contributed by atoms with Gasteiger partial charge in [-0.05, 0) is 31.9 Å². The molecule has 2 aromatic rings. The van der Waals surface area contributed by atoms with Crippen LogP contribution in [0.4, 0.5) is 0 Å². The van der Waals surface area contributed by atoms with E-state index in [1.807, 2.05) is 0 Å². The number of nitrogens with one attached hydrogen (secondary N) is 1. The van der Waals surface area contributed by atoms with Crippen LogP contribution in [0.3, 0.4) is 0 Å². The van der Waals surface area contributed by atoms with E-state index in [4.69, 9.17) is 8.83 Å². The van der Waals surface area contributed by atoms with Crippen LogP contribution in [0.1, 0.15) is 24.3 Å². The predicted molar refractivity (Wildman–Crippen MR) is 86.0 cm³/mol. The summed E-state index contributed by atoms with van der Waals surface area (Å²) in [5, 5.41) is 2.66. The van der Waals surface area contributed by atoms with Crippen molar-refractivity contribution < 1.29 is 18.4 Å². The second kappa shape index (κ2) is 6.90. The van der Waals surface area contributed by atoms with Crippen molar-refractivity contribution in [2.24, 2.45) is 5.92 Å². The summed E-state index contributed by atoms with van der Waals surface area (Å²) in [6, 6.07) is 3.52. The Bertz CT molecular complexity index is 720. The third kappa shape index (κ3) is 3.34. The van der Waals surface area contributed by atoms with Gasteiger partial charge in [0.15, 0.2) is 5.76 Å². The zero-order valence-electron chi connectivity index (χ0n) is 13.9. The number of amides is 2. The number of piperidine rings is 1. The minimum Gasteiger partial charge on any atom is -0.459 e. The fourth-order valence-electron chi connectivity index (χ4n) is 2.97. The van der Waals surface area contributed by atoms with Crippen LogP contribution in [0.2, 0.25) is 0 Å². The van der Waals surface area contributed by atoms with Gasteiger partial charge in [-0.15, -0.1) is 0 Å². The molecule has 1 N–H and O–H groups in total. The van der Waals surface area contributed by atoms with E-state index in [9.17, 15) is 9.59 Å². The summed E-state index contributed by atoms with van der Waals surface area (Å²) in [7, 11) is 1.62. The molecule has 128 valence electrons. The molecule has 1 fully saturated rings. The first-order chi connectivity index (χ1) is 11.6. The predicted octanol–water partition coefficient (Wildman–Crippen LogP) is 1.77.